The third-order valence-corrected chi connectivity index (χ3v) is 2.27. The van der Waals surface area contributed by atoms with Crippen LogP contribution in [0.25, 0.3) is 0 Å². The number of Topliss-reactive ketones (excluding diaryl/α,β-unsaturated/α-hetero) is 1. The number of halogens is 1. The Labute approximate surface area is 60.4 Å². The largest absolute Gasteiger partial charge is 0.298 e. The summed E-state index contributed by atoms with van der Waals surface area (Å²) in [6.07, 6.45) is 2.68. The van der Waals surface area contributed by atoms with E-state index in [4.69, 9.17) is 11.6 Å². The number of hydrogen-bond donors (Lipinski definition) is 0. The molecule has 0 unspecified atom stereocenters. The average Bonchev–Trinajstić information content (AvgIpc) is 1.80. The van der Waals surface area contributed by atoms with Gasteiger partial charge in [-0.25, -0.2) is 0 Å². The molecule has 2 atom stereocenters. The van der Waals surface area contributed by atoms with Gasteiger partial charge in [0.05, 0.1) is 5.38 Å². The first-order valence-electron chi connectivity index (χ1n) is 3.37. The summed E-state index contributed by atoms with van der Waals surface area (Å²) in [5.74, 6) is 0.794. The second-order valence-corrected chi connectivity index (χ2v) is 3.35. The summed E-state index contributed by atoms with van der Waals surface area (Å²) in [4.78, 5) is 10.9. The van der Waals surface area contributed by atoms with Gasteiger partial charge in [-0.3, -0.25) is 4.79 Å². The van der Waals surface area contributed by atoms with Crippen molar-refractivity contribution in [1.82, 2.24) is 0 Å². The normalized spacial score (nSPS) is 36.9. The summed E-state index contributed by atoms with van der Waals surface area (Å²) in [5, 5.41) is -0.179. The monoisotopic (exact) mass is 146 g/mol. The number of rotatable bonds is 0. The Hall–Kier alpha value is -0.0400. The highest BCUT2D eigenvalue weighted by Crippen LogP contribution is 2.23. The molecule has 52 valence electrons. The molecule has 1 saturated carbocycles. The first-order chi connectivity index (χ1) is 4.20. The molecule has 1 rings (SSSR count). The lowest BCUT2D eigenvalue weighted by atomic mass is 9.90. The third-order valence-electron chi connectivity index (χ3n) is 1.81. The predicted molar refractivity (Wildman–Crippen MR) is 37.7 cm³/mol. The molecule has 0 aromatic heterocycles. The summed E-state index contributed by atoms with van der Waals surface area (Å²) >= 11 is 5.68. The van der Waals surface area contributed by atoms with E-state index < -0.39 is 0 Å². The molecule has 0 saturated heterocycles. The van der Waals surface area contributed by atoms with Crippen molar-refractivity contribution >= 4 is 17.4 Å². The summed E-state index contributed by atoms with van der Waals surface area (Å²) in [5.41, 5.74) is 0. The molecular formula is C7H11ClO. The zero-order chi connectivity index (χ0) is 6.85. The van der Waals surface area contributed by atoms with Crippen LogP contribution in [0.2, 0.25) is 0 Å². The molecule has 0 radical (unpaired) electrons. The zero-order valence-corrected chi connectivity index (χ0v) is 6.32. The fourth-order valence-electron chi connectivity index (χ4n) is 1.17. The lowest BCUT2D eigenvalue weighted by Crippen LogP contribution is -2.23. The summed E-state index contributed by atoms with van der Waals surface area (Å²) in [6, 6.07) is 0. The Kier molecular flexibility index (Phi) is 2.12. The lowest BCUT2D eigenvalue weighted by molar-refractivity contribution is -0.120. The van der Waals surface area contributed by atoms with Gasteiger partial charge in [0.25, 0.3) is 0 Å². The molecule has 1 fully saturated rings. The van der Waals surface area contributed by atoms with Gasteiger partial charge in [0.15, 0.2) is 5.78 Å². The molecule has 0 N–H and O–H groups in total. The fraction of sp³-hybridized carbons (Fsp3) is 0.857. The van der Waals surface area contributed by atoms with Crippen molar-refractivity contribution in [3.05, 3.63) is 0 Å². The maximum absolute atomic E-state index is 10.9. The van der Waals surface area contributed by atoms with E-state index in [-0.39, 0.29) is 11.2 Å². The van der Waals surface area contributed by atoms with Gasteiger partial charge < -0.3 is 0 Å². The Balaban J connectivity index is 2.44. The molecule has 2 heteroatoms. The van der Waals surface area contributed by atoms with Gasteiger partial charge in [-0.05, 0) is 18.8 Å². The Bertz CT molecular complexity index is 122. The molecule has 9 heavy (non-hydrogen) atoms. The van der Waals surface area contributed by atoms with Crippen molar-refractivity contribution in [2.24, 2.45) is 5.92 Å². The minimum Gasteiger partial charge on any atom is -0.298 e. The van der Waals surface area contributed by atoms with Gasteiger partial charge in [0.2, 0.25) is 0 Å². The SMILES string of the molecule is C[C@@H]1CC[C@@H](Cl)C(=O)C1. The second-order valence-electron chi connectivity index (χ2n) is 2.82. The number of hydrogen-bond acceptors (Lipinski definition) is 1. The standard InChI is InChI=1S/C7H11ClO/c1-5-2-3-6(8)7(9)4-5/h5-6H,2-4H2,1H3/t5-,6-/m1/s1. The predicted octanol–water partition coefficient (Wildman–Crippen LogP) is 1.98. The van der Waals surface area contributed by atoms with Crippen LogP contribution in [0.5, 0.6) is 0 Å². The van der Waals surface area contributed by atoms with Crippen molar-refractivity contribution < 1.29 is 4.79 Å². The molecular weight excluding hydrogens is 136 g/mol. The van der Waals surface area contributed by atoms with E-state index >= 15 is 0 Å². The zero-order valence-electron chi connectivity index (χ0n) is 5.56. The number of carbonyl (C=O) groups excluding carboxylic acids is 1. The summed E-state index contributed by atoms with van der Waals surface area (Å²) in [7, 11) is 0. The van der Waals surface area contributed by atoms with Crippen LogP contribution in [0.1, 0.15) is 26.2 Å². The van der Waals surface area contributed by atoms with E-state index in [1.54, 1.807) is 0 Å². The molecule has 0 spiro atoms. The highest BCUT2D eigenvalue weighted by Gasteiger charge is 2.23. The Morgan fingerprint density at radius 3 is 2.67 bits per heavy atom. The molecule has 0 amide bonds. The van der Waals surface area contributed by atoms with Crippen LogP contribution in [0, 0.1) is 5.92 Å². The Morgan fingerprint density at radius 1 is 1.56 bits per heavy atom. The quantitative estimate of drug-likeness (QED) is 0.478. The van der Waals surface area contributed by atoms with E-state index in [0.29, 0.717) is 12.3 Å². The lowest BCUT2D eigenvalue weighted by Gasteiger charge is -2.19. The van der Waals surface area contributed by atoms with Crippen LogP contribution in [0.15, 0.2) is 0 Å². The molecule has 0 aromatic rings. The van der Waals surface area contributed by atoms with Crippen LogP contribution < -0.4 is 0 Å². The van der Waals surface area contributed by atoms with Crippen LogP contribution >= 0.6 is 11.6 Å². The minimum absolute atomic E-state index is 0.179. The Morgan fingerprint density at radius 2 is 2.22 bits per heavy atom. The highest BCUT2D eigenvalue weighted by molar-refractivity contribution is 6.31. The van der Waals surface area contributed by atoms with Gasteiger partial charge in [-0.1, -0.05) is 6.92 Å². The van der Waals surface area contributed by atoms with Crippen molar-refractivity contribution in [1.29, 1.82) is 0 Å². The van der Waals surface area contributed by atoms with Gasteiger partial charge in [-0.2, -0.15) is 0 Å². The fourth-order valence-corrected chi connectivity index (χ4v) is 1.38. The van der Waals surface area contributed by atoms with Crippen LogP contribution in [0.3, 0.4) is 0 Å². The average molecular weight is 147 g/mol. The van der Waals surface area contributed by atoms with E-state index in [0.717, 1.165) is 12.8 Å². The second kappa shape index (κ2) is 2.70. The molecule has 1 nitrogen and oxygen atoms in total. The maximum atomic E-state index is 10.9. The molecule has 1 aliphatic carbocycles. The van der Waals surface area contributed by atoms with Crippen molar-refractivity contribution in [2.75, 3.05) is 0 Å². The molecule has 0 heterocycles. The summed E-state index contributed by atoms with van der Waals surface area (Å²) < 4.78 is 0. The van der Waals surface area contributed by atoms with E-state index in [1.165, 1.54) is 0 Å². The van der Waals surface area contributed by atoms with Gasteiger partial charge >= 0.3 is 0 Å². The van der Waals surface area contributed by atoms with Gasteiger partial charge in [-0.15, -0.1) is 11.6 Å². The molecule has 0 aromatic carbocycles. The van der Waals surface area contributed by atoms with Crippen LogP contribution in [-0.2, 0) is 4.79 Å². The van der Waals surface area contributed by atoms with Gasteiger partial charge in [0, 0.05) is 6.42 Å². The van der Waals surface area contributed by atoms with Gasteiger partial charge in [0.1, 0.15) is 0 Å². The number of alkyl halides is 1. The first kappa shape index (κ1) is 7.07. The van der Waals surface area contributed by atoms with E-state index in [1.807, 2.05) is 0 Å². The first-order valence-corrected chi connectivity index (χ1v) is 3.80. The number of ketones is 1. The smallest absolute Gasteiger partial charge is 0.150 e. The van der Waals surface area contributed by atoms with Crippen molar-refractivity contribution in [3.8, 4) is 0 Å². The minimum atomic E-state index is -0.179. The number of carbonyl (C=O) groups is 1. The van der Waals surface area contributed by atoms with Crippen LogP contribution in [-0.4, -0.2) is 11.2 Å². The molecule has 1 aliphatic rings. The molecule has 0 bridgehead atoms. The summed E-state index contributed by atoms with van der Waals surface area (Å²) in [6.45, 7) is 2.10. The van der Waals surface area contributed by atoms with Crippen LogP contribution in [0.4, 0.5) is 0 Å². The van der Waals surface area contributed by atoms with Crippen molar-refractivity contribution in [3.63, 3.8) is 0 Å². The van der Waals surface area contributed by atoms with E-state index in [2.05, 4.69) is 6.92 Å². The van der Waals surface area contributed by atoms with Crippen molar-refractivity contribution in [2.45, 2.75) is 31.6 Å². The topological polar surface area (TPSA) is 17.1 Å². The maximum Gasteiger partial charge on any atom is 0.150 e. The highest BCUT2D eigenvalue weighted by atomic mass is 35.5. The molecule has 0 aliphatic heterocycles. The third kappa shape index (κ3) is 1.68. The van der Waals surface area contributed by atoms with E-state index in [9.17, 15) is 4.79 Å².